The first-order valence-corrected chi connectivity index (χ1v) is 11.7. The molecule has 4 aromatic heterocycles. The summed E-state index contributed by atoms with van der Waals surface area (Å²) in [7, 11) is 0. The van der Waals surface area contributed by atoms with E-state index in [0.717, 1.165) is 28.8 Å². The molecule has 1 aliphatic rings. The summed E-state index contributed by atoms with van der Waals surface area (Å²) in [5, 5.41) is 14.0. The lowest BCUT2D eigenvalue weighted by molar-refractivity contribution is -0.126. The maximum Gasteiger partial charge on any atom is 0.227 e. The van der Waals surface area contributed by atoms with Crippen LogP contribution in [-0.2, 0) is 11.2 Å². The predicted molar refractivity (Wildman–Crippen MR) is 129 cm³/mol. The Morgan fingerprint density at radius 2 is 2.00 bits per heavy atom. The van der Waals surface area contributed by atoms with Crippen LogP contribution in [0.15, 0.2) is 42.9 Å². The number of rotatable bonds is 7. The molecule has 1 amide bonds. The van der Waals surface area contributed by atoms with Crippen molar-refractivity contribution in [2.45, 2.75) is 33.2 Å². The summed E-state index contributed by atoms with van der Waals surface area (Å²) in [4.78, 5) is 23.4. The number of hydrogen-bond acceptors (Lipinski definition) is 6. The monoisotopic (exact) mass is 492 g/mol. The summed E-state index contributed by atoms with van der Waals surface area (Å²) in [6.45, 7) is 6.27. The van der Waals surface area contributed by atoms with Crippen LogP contribution in [0.2, 0.25) is 0 Å². The minimum atomic E-state index is -0.444. The first-order valence-electron chi connectivity index (χ1n) is 11.7. The van der Waals surface area contributed by atoms with E-state index < -0.39 is 5.82 Å². The standard InChI is InChI=1S/C25H26F2N8O/c1-14-6-20(8-21-7-15(2)32-33-21)31-24(23(14)27)34-11-18(12-34)25(36)30-16(3)17-4-5-22(28-9-17)35-13-19(26)10-29-35/h4-7,9-10,13,16,18H,8,11-12H2,1-3H3,(H,30,36)(H,32,33)/t16-/m0/s1. The van der Waals surface area contributed by atoms with Gasteiger partial charge in [-0.3, -0.25) is 9.89 Å². The van der Waals surface area contributed by atoms with Gasteiger partial charge in [-0.15, -0.1) is 0 Å². The van der Waals surface area contributed by atoms with Gasteiger partial charge in [0.15, 0.2) is 23.3 Å². The molecule has 0 radical (unpaired) electrons. The lowest BCUT2D eigenvalue weighted by Gasteiger charge is -2.40. The van der Waals surface area contributed by atoms with Crippen molar-refractivity contribution in [3.63, 3.8) is 0 Å². The number of hydrogen-bond donors (Lipinski definition) is 2. The van der Waals surface area contributed by atoms with Gasteiger partial charge in [0.05, 0.1) is 30.0 Å². The van der Waals surface area contributed by atoms with Gasteiger partial charge in [-0.2, -0.15) is 10.2 Å². The van der Waals surface area contributed by atoms with Crippen molar-refractivity contribution in [3.8, 4) is 5.82 Å². The highest BCUT2D eigenvalue weighted by atomic mass is 19.1. The molecule has 1 atom stereocenters. The Kier molecular flexibility index (Phi) is 6.21. The van der Waals surface area contributed by atoms with E-state index in [-0.39, 0.29) is 29.5 Å². The Morgan fingerprint density at radius 1 is 1.19 bits per heavy atom. The van der Waals surface area contributed by atoms with Gasteiger partial charge in [0, 0.05) is 37.1 Å². The van der Waals surface area contributed by atoms with E-state index in [1.165, 1.54) is 10.9 Å². The maximum atomic E-state index is 14.9. The molecule has 4 aromatic rings. The number of nitrogens with one attached hydrogen (secondary N) is 2. The fraction of sp³-hybridized carbons (Fsp3) is 0.320. The summed E-state index contributed by atoms with van der Waals surface area (Å²) in [5.74, 6) is -0.453. The van der Waals surface area contributed by atoms with Gasteiger partial charge in [0.25, 0.3) is 0 Å². The summed E-state index contributed by atoms with van der Waals surface area (Å²) >= 11 is 0. The summed E-state index contributed by atoms with van der Waals surface area (Å²) in [5.41, 5.74) is 3.84. The van der Waals surface area contributed by atoms with E-state index in [4.69, 9.17) is 0 Å². The third-order valence-electron chi connectivity index (χ3n) is 6.26. The van der Waals surface area contributed by atoms with Crippen molar-refractivity contribution in [2.75, 3.05) is 18.0 Å². The maximum absolute atomic E-state index is 14.9. The molecule has 1 saturated heterocycles. The van der Waals surface area contributed by atoms with Crippen LogP contribution in [0.5, 0.6) is 0 Å². The normalized spacial score (nSPS) is 14.5. The molecule has 5 heterocycles. The molecule has 0 aromatic carbocycles. The van der Waals surface area contributed by atoms with Crippen LogP contribution in [0.25, 0.3) is 5.82 Å². The van der Waals surface area contributed by atoms with Gasteiger partial charge >= 0.3 is 0 Å². The number of halogens is 2. The van der Waals surface area contributed by atoms with E-state index in [9.17, 15) is 13.6 Å². The molecule has 0 spiro atoms. The van der Waals surface area contributed by atoms with Crippen LogP contribution in [0.3, 0.4) is 0 Å². The third-order valence-corrected chi connectivity index (χ3v) is 6.26. The van der Waals surface area contributed by atoms with Crippen molar-refractivity contribution in [1.29, 1.82) is 0 Å². The summed E-state index contributed by atoms with van der Waals surface area (Å²) < 4.78 is 29.4. The number of anilines is 1. The zero-order valence-corrected chi connectivity index (χ0v) is 20.2. The van der Waals surface area contributed by atoms with Gasteiger partial charge in [-0.25, -0.2) is 23.4 Å². The number of nitrogens with zero attached hydrogens (tertiary/aromatic N) is 6. The molecule has 5 rings (SSSR count). The average molecular weight is 493 g/mol. The fourth-order valence-corrected chi connectivity index (χ4v) is 4.20. The number of aromatic nitrogens is 6. The van der Waals surface area contributed by atoms with Gasteiger partial charge in [0.2, 0.25) is 5.91 Å². The quantitative estimate of drug-likeness (QED) is 0.411. The molecule has 11 heteroatoms. The molecular formula is C25H26F2N8O. The lowest BCUT2D eigenvalue weighted by atomic mass is 9.97. The lowest BCUT2D eigenvalue weighted by Crippen LogP contribution is -2.54. The SMILES string of the molecule is Cc1cc(Cc2cc(C)c(F)c(N3CC(C(=O)N[C@@H](C)c4ccc(-n5cc(F)cn5)nc4)C3)n2)n[nH]1. The molecule has 2 N–H and O–H groups in total. The van der Waals surface area contributed by atoms with E-state index >= 15 is 0 Å². The molecule has 186 valence electrons. The minimum Gasteiger partial charge on any atom is -0.352 e. The minimum absolute atomic E-state index is 0.114. The number of aryl methyl sites for hydroxylation is 2. The zero-order valence-electron chi connectivity index (χ0n) is 20.2. The second-order valence-corrected chi connectivity index (χ2v) is 9.17. The number of pyridine rings is 2. The van der Waals surface area contributed by atoms with Crippen molar-refractivity contribution >= 4 is 11.7 Å². The molecule has 0 saturated carbocycles. The van der Waals surface area contributed by atoms with Crippen molar-refractivity contribution in [1.82, 2.24) is 35.3 Å². The average Bonchev–Trinajstić information content (AvgIpc) is 3.43. The topological polar surface area (TPSA) is 105 Å². The highest BCUT2D eigenvalue weighted by molar-refractivity contribution is 5.82. The van der Waals surface area contributed by atoms with Crippen LogP contribution >= 0.6 is 0 Å². The van der Waals surface area contributed by atoms with E-state index in [2.05, 4.69) is 30.6 Å². The Labute approximate surface area is 206 Å². The van der Waals surface area contributed by atoms with Crippen molar-refractivity contribution in [2.24, 2.45) is 5.92 Å². The Bertz CT molecular complexity index is 1390. The molecule has 1 fully saturated rings. The molecule has 0 bridgehead atoms. The zero-order chi connectivity index (χ0) is 25.4. The largest absolute Gasteiger partial charge is 0.352 e. The number of aromatic amines is 1. The second kappa shape index (κ2) is 9.48. The van der Waals surface area contributed by atoms with Gasteiger partial charge in [-0.1, -0.05) is 6.07 Å². The summed E-state index contributed by atoms with van der Waals surface area (Å²) in [6, 6.07) is 6.92. The Morgan fingerprint density at radius 3 is 2.64 bits per heavy atom. The van der Waals surface area contributed by atoms with E-state index in [0.29, 0.717) is 30.9 Å². The van der Waals surface area contributed by atoms with Crippen LogP contribution in [0, 0.1) is 31.4 Å². The molecule has 0 aliphatic carbocycles. The molecule has 9 nitrogen and oxygen atoms in total. The highest BCUT2D eigenvalue weighted by Crippen LogP contribution is 2.29. The Hall–Kier alpha value is -4.15. The molecule has 0 unspecified atom stereocenters. The highest BCUT2D eigenvalue weighted by Gasteiger charge is 2.36. The van der Waals surface area contributed by atoms with Crippen LogP contribution in [0.4, 0.5) is 14.6 Å². The second-order valence-electron chi connectivity index (χ2n) is 9.17. The first-order chi connectivity index (χ1) is 17.3. The van der Waals surface area contributed by atoms with E-state index in [1.54, 1.807) is 30.2 Å². The number of carbonyl (C=O) groups excluding carboxylic acids is 1. The number of amides is 1. The van der Waals surface area contributed by atoms with E-state index in [1.807, 2.05) is 26.0 Å². The Balaban J connectivity index is 1.19. The smallest absolute Gasteiger partial charge is 0.227 e. The fourth-order valence-electron chi connectivity index (χ4n) is 4.20. The van der Waals surface area contributed by atoms with Gasteiger partial charge in [-0.05, 0) is 50.1 Å². The molecule has 36 heavy (non-hydrogen) atoms. The number of H-pyrrole nitrogens is 1. The summed E-state index contributed by atoms with van der Waals surface area (Å²) in [6.07, 6.45) is 4.47. The predicted octanol–water partition coefficient (Wildman–Crippen LogP) is 3.18. The molecule has 1 aliphatic heterocycles. The van der Waals surface area contributed by atoms with Crippen molar-refractivity contribution < 1.29 is 13.6 Å². The van der Waals surface area contributed by atoms with Crippen molar-refractivity contribution in [3.05, 3.63) is 82.7 Å². The number of carbonyl (C=O) groups is 1. The van der Waals surface area contributed by atoms with Gasteiger partial charge in [0.1, 0.15) is 0 Å². The molecular weight excluding hydrogens is 466 g/mol. The third kappa shape index (κ3) is 4.81. The van der Waals surface area contributed by atoms with Crippen LogP contribution < -0.4 is 10.2 Å². The first kappa shape index (κ1) is 23.6. The van der Waals surface area contributed by atoms with Crippen LogP contribution in [0.1, 0.15) is 41.2 Å². The van der Waals surface area contributed by atoms with Gasteiger partial charge < -0.3 is 10.2 Å². The van der Waals surface area contributed by atoms with Crippen LogP contribution in [-0.4, -0.2) is 48.9 Å².